The Bertz CT molecular complexity index is 673. The predicted octanol–water partition coefficient (Wildman–Crippen LogP) is 2.64. The second-order valence-electron chi connectivity index (χ2n) is 5.82. The maximum atomic E-state index is 12.3. The zero-order valence-corrected chi connectivity index (χ0v) is 14.7. The second kappa shape index (κ2) is 8.67. The van der Waals surface area contributed by atoms with E-state index in [2.05, 4.69) is 14.9 Å². The fourth-order valence-electron chi connectivity index (χ4n) is 2.71. The molecule has 0 N–H and O–H groups in total. The Morgan fingerprint density at radius 1 is 1.08 bits per heavy atom. The van der Waals surface area contributed by atoms with Crippen molar-refractivity contribution in [3.05, 3.63) is 47.7 Å². The summed E-state index contributed by atoms with van der Waals surface area (Å²) in [5, 5.41) is 0.683. The minimum atomic E-state index is 0.174. The second-order valence-corrected chi connectivity index (χ2v) is 6.26. The predicted molar refractivity (Wildman–Crippen MR) is 97.0 cm³/mol. The molecule has 2 aromatic rings. The molecule has 0 saturated carbocycles. The number of rotatable bonds is 6. The molecule has 1 aromatic carbocycles. The molecule has 132 valence electrons. The Balaban J connectivity index is 1.36. The van der Waals surface area contributed by atoms with Crippen LogP contribution in [0.3, 0.4) is 0 Å². The van der Waals surface area contributed by atoms with Gasteiger partial charge in [-0.2, -0.15) is 0 Å². The molecular formula is C18H21ClN4O2. The van der Waals surface area contributed by atoms with Gasteiger partial charge in [-0.25, -0.2) is 9.97 Å². The minimum absolute atomic E-state index is 0.174. The van der Waals surface area contributed by atoms with E-state index in [-0.39, 0.29) is 5.91 Å². The number of benzene rings is 1. The van der Waals surface area contributed by atoms with Gasteiger partial charge in [-0.1, -0.05) is 11.6 Å². The SMILES string of the molecule is O=C(CCCOc1ccc(Cl)cc1)N1CCN(c2ncccn2)CC1. The van der Waals surface area contributed by atoms with Crippen molar-refractivity contribution in [2.45, 2.75) is 12.8 Å². The topological polar surface area (TPSA) is 58.6 Å². The third-order valence-electron chi connectivity index (χ3n) is 4.08. The smallest absolute Gasteiger partial charge is 0.225 e. The fraction of sp³-hybridized carbons (Fsp3) is 0.389. The van der Waals surface area contributed by atoms with Gasteiger partial charge in [-0.3, -0.25) is 4.79 Å². The number of carbonyl (C=O) groups excluding carboxylic acids is 1. The van der Waals surface area contributed by atoms with Gasteiger partial charge in [0.1, 0.15) is 5.75 Å². The Morgan fingerprint density at radius 3 is 2.44 bits per heavy atom. The maximum absolute atomic E-state index is 12.3. The van der Waals surface area contributed by atoms with Crippen molar-refractivity contribution in [1.29, 1.82) is 0 Å². The van der Waals surface area contributed by atoms with Crippen molar-refractivity contribution in [2.24, 2.45) is 0 Å². The zero-order valence-electron chi connectivity index (χ0n) is 14.0. The lowest BCUT2D eigenvalue weighted by atomic mass is 10.2. The summed E-state index contributed by atoms with van der Waals surface area (Å²) in [5.41, 5.74) is 0. The molecule has 1 aliphatic heterocycles. The normalized spacial score (nSPS) is 14.4. The van der Waals surface area contributed by atoms with Crippen LogP contribution in [0, 0.1) is 0 Å². The number of piperazine rings is 1. The summed E-state index contributed by atoms with van der Waals surface area (Å²) in [6, 6.07) is 9.04. The first-order valence-corrected chi connectivity index (χ1v) is 8.78. The molecule has 0 radical (unpaired) electrons. The van der Waals surface area contributed by atoms with Crippen LogP contribution < -0.4 is 9.64 Å². The number of carbonyl (C=O) groups is 1. The lowest BCUT2D eigenvalue weighted by Crippen LogP contribution is -2.49. The van der Waals surface area contributed by atoms with Crippen molar-refractivity contribution >= 4 is 23.5 Å². The summed E-state index contributed by atoms with van der Waals surface area (Å²) in [7, 11) is 0. The van der Waals surface area contributed by atoms with E-state index in [1.807, 2.05) is 17.0 Å². The standard InChI is InChI=1S/C18H21ClN4O2/c19-15-4-6-16(7-5-15)25-14-1-3-17(24)22-10-12-23(13-11-22)18-20-8-2-9-21-18/h2,4-9H,1,3,10-14H2. The van der Waals surface area contributed by atoms with Crippen LogP contribution in [0.2, 0.25) is 5.02 Å². The third kappa shape index (κ3) is 5.06. The molecule has 7 heteroatoms. The van der Waals surface area contributed by atoms with Gasteiger partial charge < -0.3 is 14.5 Å². The van der Waals surface area contributed by atoms with Crippen LogP contribution in [0.15, 0.2) is 42.7 Å². The van der Waals surface area contributed by atoms with E-state index in [1.165, 1.54) is 0 Å². The molecular weight excluding hydrogens is 340 g/mol. The van der Waals surface area contributed by atoms with E-state index >= 15 is 0 Å². The Morgan fingerprint density at radius 2 is 1.76 bits per heavy atom. The first kappa shape index (κ1) is 17.5. The van der Waals surface area contributed by atoms with Gasteiger partial charge in [0.05, 0.1) is 6.61 Å². The monoisotopic (exact) mass is 360 g/mol. The highest BCUT2D eigenvalue weighted by Crippen LogP contribution is 2.16. The number of ether oxygens (including phenoxy) is 1. The highest BCUT2D eigenvalue weighted by atomic mass is 35.5. The van der Waals surface area contributed by atoms with Crippen molar-refractivity contribution in [1.82, 2.24) is 14.9 Å². The van der Waals surface area contributed by atoms with Crippen molar-refractivity contribution in [3.8, 4) is 5.75 Å². The molecule has 6 nitrogen and oxygen atoms in total. The first-order valence-electron chi connectivity index (χ1n) is 8.40. The average Bonchev–Trinajstić information content (AvgIpc) is 2.67. The molecule has 0 atom stereocenters. The number of amides is 1. The number of halogens is 1. The maximum Gasteiger partial charge on any atom is 0.225 e. The first-order chi connectivity index (χ1) is 12.2. The van der Waals surface area contributed by atoms with E-state index in [1.54, 1.807) is 30.6 Å². The molecule has 2 heterocycles. The van der Waals surface area contributed by atoms with Gasteiger partial charge in [0.2, 0.25) is 11.9 Å². The van der Waals surface area contributed by atoms with Gasteiger partial charge in [0.25, 0.3) is 0 Å². The molecule has 0 bridgehead atoms. The third-order valence-corrected chi connectivity index (χ3v) is 4.34. The lowest BCUT2D eigenvalue weighted by Gasteiger charge is -2.34. The van der Waals surface area contributed by atoms with Crippen LogP contribution in [0.4, 0.5) is 5.95 Å². The largest absolute Gasteiger partial charge is 0.494 e. The number of hydrogen-bond donors (Lipinski definition) is 0. The Labute approximate surface area is 152 Å². The number of aromatic nitrogens is 2. The average molecular weight is 361 g/mol. The van der Waals surface area contributed by atoms with Crippen LogP contribution in [-0.2, 0) is 4.79 Å². The molecule has 25 heavy (non-hydrogen) atoms. The molecule has 0 aliphatic carbocycles. The minimum Gasteiger partial charge on any atom is -0.494 e. The molecule has 3 rings (SSSR count). The molecule has 0 spiro atoms. The van der Waals surface area contributed by atoms with Crippen LogP contribution in [-0.4, -0.2) is 53.6 Å². The van der Waals surface area contributed by atoms with E-state index in [4.69, 9.17) is 16.3 Å². The fourth-order valence-corrected chi connectivity index (χ4v) is 2.84. The van der Waals surface area contributed by atoms with Gasteiger partial charge in [0, 0.05) is 50.0 Å². The van der Waals surface area contributed by atoms with Crippen LogP contribution in [0.25, 0.3) is 0 Å². The van der Waals surface area contributed by atoms with Gasteiger partial charge in [0.15, 0.2) is 0 Å². The summed E-state index contributed by atoms with van der Waals surface area (Å²) >= 11 is 5.83. The highest BCUT2D eigenvalue weighted by Gasteiger charge is 2.21. The van der Waals surface area contributed by atoms with Gasteiger partial charge in [-0.05, 0) is 36.8 Å². The van der Waals surface area contributed by atoms with Crippen molar-refractivity contribution < 1.29 is 9.53 Å². The molecule has 1 fully saturated rings. The number of nitrogens with zero attached hydrogens (tertiary/aromatic N) is 4. The molecule has 1 amide bonds. The van der Waals surface area contributed by atoms with E-state index in [0.29, 0.717) is 37.6 Å². The van der Waals surface area contributed by atoms with Gasteiger partial charge >= 0.3 is 0 Å². The summed E-state index contributed by atoms with van der Waals surface area (Å²) < 4.78 is 5.62. The Kier molecular flexibility index (Phi) is 6.06. The van der Waals surface area contributed by atoms with Crippen molar-refractivity contribution in [2.75, 3.05) is 37.7 Å². The number of hydrogen-bond acceptors (Lipinski definition) is 5. The van der Waals surface area contributed by atoms with Crippen LogP contribution in [0.1, 0.15) is 12.8 Å². The Hall–Kier alpha value is -2.34. The quantitative estimate of drug-likeness (QED) is 0.741. The summed E-state index contributed by atoms with van der Waals surface area (Å²) in [6.45, 7) is 3.45. The summed E-state index contributed by atoms with van der Waals surface area (Å²) in [4.78, 5) is 24.8. The zero-order chi connectivity index (χ0) is 17.5. The molecule has 1 saturated heterocycles. The van der Waals surface area contributed by atoms with Gasteiger partial charge in [-0.15, -0.1) is 0 Å². The van der Waals surface area contributed by atoms with E-state index in [0.717, 1.165) is 24.8 Å². The molecule has 1 aliphatic rings. The van der Waals surface area contributed by atoms with Crippen LogP contribution in [0.5, 0.6) is 5.75 Å². The van der Waals surface area contributed by atoms with E-state index in [9.17, 15) is 4.79 Å². The number of anilines is 1. The van der Waals surface area contributed by atoms with Crippen LogP contribution >= 0.6 is 11.6 Å². The lowest BCUT2D eigenvalue weighted by molar-refractivity contribution is -0.131. The van der Waals surface area contributed by atoms with Crippen molar-refractivity contribution in [3.63, 3.8) is 0 Å². The highest BCUT2D eigenvalue weighted by molar-refractivity contribution is 6.30. The summed E-state index contributed by atoms with van der Waals surface area (Å²) in [5.74, 6) is 1.67. The molecule has 0 unspecified atom stereocenters. The van der Waals surface area contributed by atoms with E-state index < -0.39 is 0 Å². The molecule has 1 aromatic heterocycles. The summed E-state index contributed by atoms with van der Waals surface area (Å²) in [6.07, 6.45) is 4.67.